The second-order valence-electron chi connectivity index (χ2n) is 10.3. The zero-order valence-electron chi connectivity index (χ0n) is 23.8. The van der Waals surface area contributed by atoms with E-state index in [0.29, 0.717) is 12.0 Å². The minimum Gasteiger partial charge on any atom is -0.321 e. The SMILES string of the molecule is C=CC(CC(=C)c1ccc2c(c1)nc(C(/C=C\C)=C/C)n2C(CCC)CCCC)Cc1ccc(C)cc1. The van der Waals surface area contributed by atoms with Crippen LogP contribution < -0.4 is 0 Å². The molecule has 0 aliphatic carbocycles. The van der Waals surface area contributed by atoms with Crippen molar-refractivity contribution in [2.45, 2.75) is 85.6 Å². The van der Waals surface area contributed by atoms with Crippen LogP contribution in [0.25, 0.3) is 22.2 Å². The van der Waals surface area contributed by atoms with Crippen LogP contribution in [0.1, 0.15) is 94.8 Å². The van der Waals surface area contributed by atoms with Crippen molar-refractivity contribution in [2.24, 2.45) is 5.92 Å². The lowest BCUT2D eigenvalue weighted by Crippen LogP contribution is -2.12. The van der Waals surface area contributed by atoms with Crippen molar-refractivity contribution in [1.82, 2.24) is 9.55 Å². The molecular formula is C35H46N2. The van der Waals surface area contributed by atoms with E-state index in [9.17, 15) is 0 Å². The van der Waals surface area contributed by atoms with Gasteiger partial charge in [-0.05, 0) is 81.2 Å². The zero-order valence-corrected chi connectivity index (χ0v) is 23.8. The molecule has 2 unspecified atom stereocenters. The minimum absolute atomic E-state index is 0.353. The molecule has 0 amide bonds. The van der Waals surface area contributed by atoms with Crippen molar-refractivity contribution in [3.05, 3.63) is 102 Å². The number of aryl methyl sites for hydroxylation is 1. The average molecular weight is 495 g/mol. The first kappa shape index (κ1) is 28.4. The molecule has 0 fully saturated rings. The molecule has 2 atom stereocenters. The van der Waals surface area contributed by atoms with E-state index in [-0.39, 0.29) is 0 Å². The number of imidazole rings is 1. The van der Waals surface area contributed by atoms with E-state index in [0.717, 1.165) is 29.8 Å². The number of unbranched alkanes of at least 4 members (excludes halogenated alkanes) is 1. The molecule has 2 heteroatoms. The lowest BCUT2D eigenvalue weighted by molar-refractivity contribution is 0.423. The largest absolute Gasteiger partial charge is 0.321 e. The summed E-state index contributed by atoms with van der Waals surface area (Å²) in [6, 6.07) is 16.0. The van der Waals surface area contributed by atoms with Gasteiger partial charge in [-0.2, -0.15) is 0 Å². The normalized spacial score (nSPS) is 13.8. The predicted molar refractivity (Wildman–Crippen MR) is 164 cm³/mol. The van der Waals surface area contributed by atoms with Gasteiger partial charge in [0.05, 0.1) is 11.0 Å². The van der Waals surface area contributed by atoms with Crippen molar-refractivity contribution < 1.29 is 0 Å². The summed E-state index contributed by atoms with van der Waals surface area (Å²) in [4.78, 5) is 5.21. The van der Waals surface area contributed by atoms with Gasteiger partial charge in [-0.3, -0.25) is 0 Å². The smallest absolute Gasteiger partial charge is 0.141 e. The quantitative estimate of drug-likeness (QED) is 0.161. The Labute approximate surface area is 225 Å². The maximum Gasteiger partial charge on any atom is 0.141 e. The first-order valence-corrected chi connectivity index (χ1v) is 14.1. The molecule has 1 heterocycles. The summed E-state index contributed by atoms with van der Waals surface area (Å²) in [6.07, 6.45) is 16.4. The first-order chi connectivity index (χ1) is 17.9. The monoisotopic (exact) mass is 494 g/mol. The molecule has 1 aromatic heterocycles. The van der Waals surface area contributed by atoms with Crippen molar-refractivity contribution >= 4 is 22.2 Å². The topological polar surface area (TPSA) is 17.8 Å². The van der Waals surface area contributed by atoms with E-state index in [4.69, 9.17) is 4.98 Å². The van der Waals surface area contributed by atoms with E-state index in [1.165, 1.54) is 59.9 Å². The van der Waals surface area contributed by atoms with Crippen molar-refractivity contribution in [1.29, 1.82) is 0 Å². The van der Waals surface area contributed by atoms with E-state index in [2.05, 4.69) is 119 Å². The maximum absolute atomic E-state index is 5.21. The number of fused-ring (bicyclic) bond motifs is 1. The van der Waals surface area contributed by atoms with Gasteiger partial charge in [-0.1, -0.05) is 99.9 Å². The highest BCUT2D eigenvalue weighted by molar-refractivity contribution is 5.85. The Hall–Kier alpha value is -3.13. The molecule has 2 aromatic carbocycles. The highest BCUT2D eigenvalue weighted by atomic mass is 15.1. The summed E-state index contributed by atoms with van der Waals surface area (Å²) in [5.74, 6) is 1.43. The van der Waals surface area contributed by atoms with Crippen LogP contribution in [0.4, 0.5) is 0 Å². The van der Waals surface area contributed by atoms with Crippen LogP contribution in [0, 0.1) is 12.8 Å². The molecule has 2 nitrogen and oxygen atoms in total. The number of rotatable bonds is 14. The lowest BCUT2D eigenvalue weighted by atomic mass is 9.90. The van der Waals surface area contributed by atoms with Gasteiger partial charge in [0.15, 0.2) is 0 Å². The Morgan fingerprint density at radius 3 is 2.41 bits per heavy atom. The summed E-state index contributed by atoms with van der Waals surface area (Å²) >= 11 is 0. The minimum atomic E-state index is 0.353. The van der Waals surface area contributed by atoms with Crippen LogP contribution in [0.5, 0.6) is 0 Å². The number of aromatic nitrogens is 2. The molecule has 196 valence electrons. The van der Waals surface area contributed by atoms with Crippen LogP contribution in [0.15, 0.2) is 79.9 Å². The van der Waals surface area contributed by atoms with Crippen LogP contribution in [-0.2, 0) is 6.42 Å². The van der Waals surface area contributed by atoms with Crippen LogP contribution in [-0.4, -0.2) is 9.55 Å². The molecule has 0 N–H and O–H groups in total. The molecule has 0 bridgehead atoms. The van der Waals surface area contributed by atoms with Crippen molar-refractivity contribution in [3.63, 3.8) is 0 Å². The van der Waals surface area contributed by atoms with Gasteiger partial charge >= 0.3 is 0 Å². The van der Waals surface area contributed by atoms with Gasteiger partial charge < -0.3 is 4.57 Å². The van der Waals surface area contributed by atoms with E-state index >= 15 is 0 Å². The average Bonchev–Trinajstić information content (AvgIpc) is 3.28. The second-order valence-corrected chi connectivity index (χ2v) is 10.3. The van der Waals surface area contributed by atoms with Gasteiger partial charge in [0.1, 0.15) is 5.82 Å². The van der Waals surface area contributed by atoms with Gasteiger partial charge in [0.25, 0.3) is 0 Å². The Morgan fingerprint density at radius 1 is 1.03 bits per heavy atom. The van der Waals surface area contributed by atoms with Gasteiger partial charge in [0, 0.05) is 11.6 Å². The third kappa shape index (κ3) is 7.22. The highest BCUT2D eigenvalue weighted by Crippen LogP contribution is 2.34. The second kappa shape index (κ2) is 14.0. The summed E-state index contributed by atoms with van der Waals surface area (Å²) in [6.45, 7) is 19.5. The number of nitrogens with zero attached hydrogens (tertiary/aromatic N) is 2. The fourth-order valence-corrected chi connectivity index (χ4v) is 5.25. The molecule has 0 aliphatic heterocycles. The fraction of sp³-hybridized carbons (Fsp3) is 0.400. The molecule has 0 saturated carbocycles. The van der Waals surface area contributed by atoms with Crippen LogP contribution in [0.3, 0.4) is 0 Å². The summed E-state index contributed by atoms with van der Waals surface area (Å²) in [7, 11) is 0. The number of hydrogen-bond acceptors (Lipinski definition) is 1. The standard InChI is InChI=1S/C35H46N2/c1-8-13-16-32(15-10-3)37-34-22-21-31(25-33(34)36-35(37)30(12-5)14-9-2)27(7)23-28(11-4)24-29-19-17-26(6)18-20-29/h9,11-12,14,17-22,25,28,32H,4,7-8,10,13,15-16,23-24H2,1-3,5-6H3/b14-9-,30-12+. The van der Waals surface area contributed by atoms with E-state index in [1.807, 2.05) is 0 Å². The highest BCUT2D eigenvalue weighted by Gasteiger charge is 2.21. The Balaban J connectivity index is 1.96. The third-order valence-corrected chi connectivity index (χ3v) is 7.35. The number of allylic oxidation sites excluding steroid dienone is 6. The maximum atomic E-state index is 5.21. The predicted octanol–water partition coefficient (Wildman–Crippen LogP) is 10.3. The molecule has 0 radical (unpaired) electrons. The Kier molecular flexibility index (Phi) is 10.7. The van der Waals surface area contributed by atoms with Gasteiger partial charge in [-0.25, -0.2) is 4.98 Å². The molecule has 0 saturated heterocycles. The zero-order chi connectivity index (χ0) is 26.8. The molecule has 3 rings (SSSR count). The van der Waals surface area contributed by atoms with Crippen LogP contribution >= 0.6 is 0 Å². The summed E-state index contributed by atoms with van der Waals surface area (Å²) in [5.41, 5.74) is 8.43. The van der Waals surface area contributed by atoms with Crippen molar-refractivity contribution in [3.8, 4) is 0 Å². The Bertz CT molecular complexity index is 1240. The first-order valence-electron chi connectivity index (χ1n) is 14.1. The van der Waals surface area contributed by atoms with E-state index < -0.39 is 0 Å². The molecule has 3 aromatic rings. The van der Waals surface area contributed by atoms with Crippen molar-refractivity contribution in [2.75, 3.05) is 0 Å². The van der Waals surface area contributed by atoms with Crippen LogP contribution in [0.2, 0.25) is 0 Å². The lowest BCUT2D eigenvalue weighted by Gasteiger charge is -2.22. The fourth-order valence-electron chi connectivity index (χ4n) is 5.25. The molecule has 37 heavy (non-hydrogen) atoms. The third-order valence-electron chi connectivity index (χ3n) is 7.35. The molecular weight excluding hydrogens is 448 g/mol. The number of hydrogen-bond donors (Lipinski definition) is 0. The van der Waals surface area contributed by atoms with E-state index in [1.54, 1.807) is 0 Å². The summed E-state index contributed by atoms with van der Waals surface area (Å²) in [5, 5.41) is 0. The Morgan fingerprint density at radius 2 is 1.78 bits per heavy atom. The summed E-state index contributed by atoms with van der Waals surface area (Å²) < 4.78 is 2.51. The molecule has 0 aliphatic rings. The van der Waals surface area contributed by atoms with Gasteiger partial charge in [-0.15, -0.1) is 6.58 Å². The molecule has 0 spiro atoms. The van der Waals surface area contributed by atoms with Gasteiger partial charge in [0.2, 0.25) is 0 Å². The number of benzene rings is 2.